The molecule has 0 aromatic carbocycles. The molecule has 1 rings (SSSR count). The maximum atomic E-state index is 11.2. The number of rotatable bonds is 3. The first-order valence-electron chi connectivity index (χ1n) is 3.98. The van der Waals surface area contributed by atoms with Crippen molar-refractivity contribution in [1.82, 2.24) is 4.31 Å². The SMILES string of the molecule is COC(=O)[C@@H]1[C@@H](C(=O)OC)N1S(C)(=O)=O. The third kappa shape index (κ3) is 2.10. The maximum Gasteiger partial charge on any atom is 0.326 e. The van der Waals surface area contributed by atoms with E-state index in [4.69, 9.17) is 0 Å². The van der Waals surface area contributed by atoms with Gasteiger partial charge in [0.2, 0.25) is 10.0 Å². The highest BCUT2D eigenvalue weighted by molar-refractivity contribution is 7.88. The number of carbonyl (C=O) groups is 2. The molecule has 0 radical (unpaired) electrons. The van der Waals surface area contributed by atoms with E-state index in [1.807, 2.05) is 0 Å². The standard InChI is InChI=1S/C7H11NO6S/c1-13-6(9)4-5(7(10)14-2)8(4)15(3,11)12/h4-5H,1-3H3/t4-,5-/m0/s1. The Morgan fingerprint density at radius 1 is 1.07 bits per heavy atom. The van der Waals surface area contributed by atoms with E-state index >= 15 is 0 Å². The fourth-order valence-corrected chi connectivity index (χ4v) is 2.50. The molecular weight excluding hydrogens is 226 g/mol. The third-order valence-corrected chi connectivity index (χ3v) is 3.25. The van der Waals surface area contributed by atoms with E-state index in [-0.39, 0.29) is 0 Å². The molecule has 2 atom stereocenters. The lowest BCUT2D eigenvalue weighted by molar-refractivity contribution is -0.144. The lowest BCUT2D eigenvalue weighted by Crippen LogP contribution is -2.18. The zero-order chi connectivity index (χ0) is 11.8. The molecule has 1 heterocycles. The van der Waals surface area contributed by atoms with Crippen LogP contribution in [0.3, 0.4) is 0 Å². The van der Waals surface area contributed by atoms with Crippen LogP contribution in [0.2, 0.25) is 0 Å². The van der Waals surface area contributed by atoms with Crippen molar-refractivity contribution >= 4 is 22.0 Å². The molecule has 86 valence electrons. The Bertz CT molecular complexity index is 366. The van der Waals surface area contributed by atoms with E-state index in [0.717, 1.165) is 24.8 Å². The summed E-state index contributed by atoms with van der Waals surface area (Å²) < 4.78 is 31.8. The van der Waals surface area contributed by atoms with E-state index in [0.29, 0.717) is 0 Å². The molecule has 1 aliphatic rings. The van der Waals surface area contributed by atoms with Crippen molar-refractivity contribution < 1.29 is 27.5 Å². The summed E-state index contributed by atoms with van der Waals surface area (Å²) in [6.07, 6.45) is 0.909. The van der Waals surface area contributed by atoms with Gasteiger partial charge in [-0.1, -0.05) is 0 Å². The highest BCUT2D eigenvalue weighted by atomic mass is 32.2. The lowest BCUT2D eigenvalue weighted by atomic mass is 10.3. The molecule has 0 N–H and O–H groups in total. The summed E-state index contributed by atoms with van der Waals surface area (Å²) in [5.74, 6) is -1.54. The molecule has 8 heteroatoms. The van der Waals surface area contributed by atoms with Crippen molar-refractivity contribution in [3.05, 3.63) is 0 Å². The van der Waals surface area contributed by atoms with Gasteiger partial charge < -0.3 is 9.47 Å². The van der Waals surface area contributed by atoms with Crippen molar-refractivity contribution in [3.63, 3.8) is 0 Å². The topological polar surface area (TPSA) is 89.8 Å². The Hall–Kier alpha value is -1.15. The van der Waals surface area contributed by atoms with Gasteiger partial charge in [0.05, 0.1) is 20.5 Å². The van der Waals surface area contributed by atoms with E-state index in [1.165, 1.54) is 0 Å². The van der Waals surface area contributed by atoms with Gasteiger partial charge >= 0.3 is 11.9 Å². The van der Waals surface area contributed by atoms with Crippen LogP contribution in [0.4, 0.5) is 0 Å². The number of hydrogen-bond donors (Lipinski definition) is 0. The number of esters is 2. The number of sulfonamides is 1. The van der Waals surface area contributed by atoms with Crippen molar-refractivity contribution in [2.45, 2.75) is 12.1 Å². The van der Waals surface area contributed by atoms with E-state index in [1.54, 1.807) is 0 Å². The summed E-state index contributed by atoms with van der Waals surface area (Å²) in [5, 5.41) is 0. The normalized spacial score (nSPS) is 29.4. The summed E-state index contributed by atoms with van der Waals surface area (Å²) in [6, 6.07) is -2.17. The van der Waals surface area contributed by atoms with Crippen molar-refractivity contribution in [3.8, 4) is 0 Å². The number of ether oxygens (including phenoxy) is 2. The zero-order valence-electron chi connectivity index (χ0n) is 8.46. The fourth-order valence-electron chi connectivity index (χ4n) is 1.33. The van der Waals surface area contributed by atoms with Crippen LogP contribution < -0.4 is 0 Å². The first-order valence-corrected chi connectivity index (χ1v) is 5.83. The van der Waals surface area contributed by atoms with E-state index in [2.05, 4.69) is 9.47 Å². The average Bonchev–Trinajstić information content (AvgIpc) is 2.89. The molecule has 0 spiro atoms. The smallest absolute Gasteiger partial charge is 0.326 e. The predicted octanol–water partition coefficient (Wildman–Crippen LogP) is -1.66. The first-order chi connectivity index (χ1) is 6.84. The Morgan fingerprint density at radius 2 is 1.40 bits per heavy atom. The summed E-state index contributed by atoms with van der Waals surface area (Å²) >= 11 is 0. The predicted molar refractivity (Wildman–Crippen MR) is 48.3 cm³/mol. The van der Waals surface area contributed by atoms with Crippen LogP contribution in [0.15, 0.2) is 0 Å². The molecule has 1 saturated heterocycles. The van der Waals surface area contributed by atoms with Crippen molar-refractivity contribution in [2.75, 3.05) is 20.5 Å². The summed E-state index contributed by atoms with van der Waals surface area (Å²) in [5.41, 5.74) is 0. The van der Waals surface area contributed by atoms with Crippen LogP contribution >= 0.6 is 0 Å². The Labute approximate surface area is 87.0 Å². The lowest BCUT2D eigenvalue weighted by Gasteiger charge is -1.98. The number of carbonyl (C=O) groups excluding carboxylic acids is 2. The molecule has 7 nitrogen and oxygen atoms in total. The Kier molecular flexibility index (Phi) is 3.00. The molecule has 0 aromatic rings. The minimum Gasteiger partial charge on any atom is -0.468 e. The van der Waals surface area contributed by atoms with E-state index in [9.17, 15) is 18.0 Å². The van der Waals surface area contributed by atoms with Gasteiger partial charge in [0.25, 0.3) is 0 Å². The molecule has 15 heavy (non-hydrogen) atoms. The second kappa shape index (κ2) is 3.78. The molecule has 1 fully saturated rings. The van der Waals surface area contributed by atoms with Gasteiger partial charge in [-0.3, -0.25) is 9.59 Å². The van der Waals surface area contributed by atoms with Gasteiger partial charge in [-0.2, -0.15) is 4.31 Å². The summed E-state index contributed by atoms with van der Waals surface area (Å²) in [7, 11) is -1.37. The second-order valence-corrected chi connectivity index (χ2v) is 4.92. The van der Waals surface area contributed by atoms with Gasteiger partial charge in [0.15, 0.2) is 12.1 Å². The van der Waals surface area contributed by atoms with Gasteiger partial charge in [-0.25, -0.2) is 8.42 Å². The van der Waals surface area contributed by atoms with Crippen LogP contribution in [0.5, 0.6) is 0 Å². The monoisotopic (exact) mass is 237 g/mol. The summed E-state index contributed by atoms with van der Waals surface area (Å²) in [4.78, 5) is 22.3. The quantitative estimate of drug-likeness (QED) is 0.431. The van der Waals surface area contributed by atoms with Crippen LogP contribution in [-0.2, 0) is 29.1 Å². The fraction of sp³-hybridized carbons (Fsp3) is 0.714. The van der Waals surface area contributed by atoms with Crippen LogP contribution in [0.25, 0.3) is 0 Å². The van der Waals surface area contributed by atoms with E-state index < -0.39 is 34.0 Å². The van der Waals surface area contributed by atoms with Crippen LogP contribution in [0, 0.1) is 0 Å². The highest BCUT2D eigenvalue weighted by Crippen LogP contribution is 2.33. The summed E-state index contributed by atoms with van der Waals surface area (Å²) in [6.45, 7) is 0. The number of hydrogen-bond acceptors (Lipinski definition) is 6. The zero-order valence-corrected chi connectivity index (χ0v) is 9.28. The highest BCUT2D eigenvalue weighted by Gasteiger charge is 2.63. The van der Waals surface area contributed by atoms with Crippen LogP contribution in [-0.4, -0.2) is 57.2 Å². The van der Waals surface area contributed by atoms with Gasteiger partial charge in [0.1, 0.15) is 0 Å². The van der Waals surface area contributed by atoms with Gasteiger partial charge in [-0.05, 0) is 0 Å². The van der Waals surface area contributed by atoms with Crippen LogP contribution in [0.1, 0.15) is 0 Å². The third-order valence-electron chi connectivity index (χ3n) is 2.03. The largest absolute Gasteiger partial charge is 0.468 e. The minimum absolute atomic E-state index is 0.755. The molecule has 0 aliphatic carbocycles. The molecule has 0 aromatic heterocycles. The number of nitrogens with zero attached hydrogens (tertiary/aromatic N) is 1. The average molecular weight is 237 g/mol. The molecule has 0 unspecified atom stereocenters. The minimum atomic E-state index is -3.61. The molecule has 0 saturated carbocycles. The first kappa shape index (κ1) is 11.9. The van der Waals surface area contributed by atoms with Gasteiger partial charge in [-0.15, -0.1) is 0 Å². The molecular formula is C7H11NO6S. The van der Waals surface area contributed by atoms with Crippen molar-refractivity contribution in [1.29, 1.82) is 0 Å². The number of methoxy groups -OCH3 is 2. The molecule has 0 amide bonds. The maximum absolute atomic E-state index is 11.2. The molecule has 0 bridgehead atoms. The Balaban J connectivity index is 2.90. The van der Waals surface area contributed by atoms with Crippen molar-refractivity contribution in [2.24, 2.45) is 0 Å². The molecule has 1 aliphatic heterocycles. The Morgan fingerprint density at radius 3 is 1.60 bits per heavy atom. The van der Waals surface area contributed by atoms with Gasteiger partial charge in [0, 0.05) is 0 Å². The second-order valence-electron chi connectivity index (χ2n) is 3.03.